The summed E-state index contributed by atoms with van der Waals surface area (Å²) in [5, 5.41) is 10.6. The first-order valence-corrected chi connectivity index (χ1v) is 45.4. The van der Waals surface area contributed by atoms with E-state index < -0.39 is 97.5 Å². The van der Waals surface area contributed by atoms with E-state index >= 15 is 0 Å². The highest BCUT2D eigenvalue weighted by Gasteiger charge is 2.30. The molecule has 0 heterocycles. The van der Waals surface area contributed by atoms with Crippen molar-refractivity contribution in [2.24, 2.45) is 17.8 Å². The number of esters is 4. The number of phosphoric ester groups is 2. The molecule has 19 heteroatoms. The van der Waals surface area contributed by atoms with Crippen LogP contribution in [0.3, 0.4) is 0 Å². The van der Waals surface area contributed by atoms with Crippen LogP contribution in [0.4, 0.5) is 0 Å². The Hall–Kier alpha value is -1.94. The van der Waals surface area contributed by atoms with Gasteiger partial charge in [0.05, 0.1) is 26.4 Å². The average molecular weight is 1480 g/mol. The molecule has 0 saturated heterocycles. The molecule has 0 bridgehead atoms. The zero-order valence-corrected chi connectivity index (χ0v) is 68.2. The van der Waals surface area contributed by atoms with E-state index in [0.717, 1.165) is 114 Å². The van der Waals surface area contributed by atoms with Crippen molar-refractivity contribution in [1.29, 1.82) is 0 Å². The molecule has 0 aromatic rings. The molecule has 6 atom stereocenters. The Kier molecular flexibility index (Phi) is 70.9. The van der Waals surface area contributed by atoms with Gasteiger partial charge < -0.3 is 33.8 Å². The van der Waals surface area contributed by atoms with Crippen LogP contribution in [-0.4, -0.2) is 96.7 Å². The van der Waals surface area contributed by atoms with Crippen LogP contribution in [0.15, 0.2) is 0 Å². The lowest BCUT2D eigenvalue weighted by molar-refractivity contribution is -0.161. The molecule has 0 aromatic carbocycles. The molecule has 0 fully saturated rings. The first-order chi connectivity index (χ1) is 48.8. The van der Waals surface area contributed by atoms with E-state index in [-0.39, 0.29) is 25.7 Å². The van der Waals surface area contributed by atoms with Crippen LogP contribution in [0, 0.1) is 17.8 Å². The van der Waals surface area contributed by atoms with Gasteiger partial charge >= 0.3 is 39.5 Å². The van der Waals surface area contributed by atoms with Crippen molar-refractivity contribution in [3.63, 3.8) is 0 Å². The number of unbranched alkanes of at least 4 members (excludes halogenated alkanes) is 47. The standard InChI is InChI=1S/C82H160O17P2/c1-8-10-11-12-13-14-15-16-17-18-19-20-21-26-29-32-37-42-51-58-65-81(86)98-77(69-92-79(84)63-56-49-41-36-31-28-25-23-22-24-27-30-34-39-46-53-60-73(3)4)71-96-100(88,89)94-67-76(83)68-95-101(90,91)97-72-78(70-93-80(85)64-57-50-45-44-48-55-62-75(7)9-2)99-82(87)66-59-52-43-38-33-35-40-47-54-61-74(5)6/h73-78,83H,8-72H2,1-7H3,(H,88,89)(H,90,91)/t75?,76-,77-,78-/m1/s1. The topological polar surface area (TPSA) is 237 Å². The SMILES string of the molecule is CCCCCCCCCCCCCCCCCCCCCCC(=O)O[C@H](COC(=O)CCCCCCCCCCCCCCCCCCC(C)C)COP(=O)(O)OC[C@@H](O)COP(=O)(O)OC[C@@H](COC(=O)CCCCCCCCC(C)CC)OC(=O)CCCCCCCCCCCC(C)C. The van der Waals surface area contributed by atoms with Gasteiger partial charge in [0, 0.05) is 25.7 Å². The van der Waals surface area contributed by atoms with E-state index in [1.165, 1.54) is 231 Å². The fourth-order valence-corrected chi connectivity index (χ4v) is 14.2. The first-order valence-electron chi connectivity index (χ1n) is 42.4. The molecular weight excluding hydrogens is 1320 g/mol. The van der Waals surface area contributed by atoms with Crippen LogP contribution in [0.1, 0.15) is 427 Å². The third-order valence-corrected chi connectivity index (χ3v) is 21.4. The molecule has 0 aliphatic rings. The van der Waals surface area contributed by atoms with Gasteiger partial charge in [-0.1, -0.05) is 376 Å². The fraction of sp³-hybridized carbons (Fsp3) is 0.951. The molecule has 0 saturated carbocycles. The van der Waals surface area contributed by atoms with E-state index in [4.69, 9.17) is 37.0 Å². The van der Waals surface area contributed by atoms with Gasteiger partial charge in [-0.05, 0) is 43.4 Å². The van der Waals surface area contributed by atoms with E-state index in [1.807, 2.05) is 0 Å². The zero-order valence-electron chi connectivity index (χ0n) is 66.4. The molecule has 0 aliphatic heterocycles. The van der Waals surface area contributed by atoms with Gasteiger partial charge in [0.1, 0.15) is 19.3 Å². The number of hydrogen-bond donors (Lipinski definition) is 3. The highest BCUT2D eigenvalue weighted by atomic mass is 31.2. The van der Waals surface area contributed by atoms with Crippen LogP contribution in [-0.2, 0) is 65.4 Å². The summed E-state index contributed by atoms with van der Waals surface area (Å²) in [6, 6.07) is 0. The summed E-state index contributed by atoms with van der Waals surface area (Å²) in [6.07, 6.45) is 61.3. The molecule has 101 heavy (non-hydrogen) atoms. The molecule has 0 radical (unpaired) electrons. The molecule has 3 unspecified atom stereocenters. The minimum Gasteiger partial charge on any atom is -0.462 e. The van der Waals surface area contributed by atoms with Crippen molar-refractivity contribution >= 4 is 39.5 Å². The van der Waals surface area contributed by atoms with E-state index in [0.29, 0.717) is 25.7 Å². The number of carbonyl (C=O) groups excluding carboxylic acids is 4. The van der Waals surface area contributed by atoms with Crippen LogP contribution >= 0.6 is 15.6 Å². The molecule has 600 valence electrons. The van der Waals surface area contributed by atoms with Gasteiger partial charge in [-0.2, -0.15) is 0 Å². The van der Waals surface area contributed by atoms with E-state index in [1.54, 1.807) is 0 Å². The van der Waals surface area contributed by atoms with Gasteiger partial charge in [-0.15, -0.1) is 0 Å². The fourth-order valence-electron chi connectivity index (χ4n) is 12.6. The number of rotatable bonds is 80. The maximum absolute atomic E-state index is 13.1. The summed E-state index contributed by atoms with van der Waals surface area (Å²) in [6.45, 7) is 11.9. The molecule has 0 aromatic heterocycles. The van der Waals surface area contributed by atoms with E-state index in [2.05, 4.69) is 48.5 Å². The third kappa shape index (κ3) is 74.7. The van der Waals surface area contributed by atoms with Crippen LogP contribution in [0.25, 0.3) is 0 Å². The maximum Gasteiger partial charge on any atom is 0.472 e. The third-order valence-electron chi connectivity index (χ3n) is 19.5. The normalized spacial score (nSPS) is 14.2. The van der Waals surface area contributed by atoms with Crippen LogP contribution < -0.4 is 0 Å². The smallest absolute Gasteiger partial charge is 0.462 e. The van der Waals surface area contributed by atoms with Crippen molar-refractivity contribution in [2.45, 2.75) is 446 Å². The summed E-state index contributed by atoms with van der Waals surface area (Å²) in [4.78, 5) is 73.0. The summed E-state index contributed by atoms with van der Waals surface area (Å²) in [7, 11) is -9.92. The second kappa shape index (κ2) is 72.3. The number of carbonyl (C=O) groups is 4. The highest BCUT2D eigenvalue weighted by Crippen LogP contribution is 2.45. The van der Waals surface area contributed by atoms with Crippen LogP contribution in [0.2, 0.25) is 0 Å². The predicted octanol–water partition coefficient (Wildman–Crippen LogP) is 24.5. The summed E-state index contributed by atoms with van der Waals surface area (Å²) < 4.78 is 68.7. The molecule has 0 amide bonds. The number of phosphoric acid groups is 2. The Morgan fingerprint density at radius 3 is 0.752 bits per heavy atom. The second-order valence-corrected chi connectivity index (χ2v) is 33.6. The number of ether oxygens (including phenoxy) is 4. The number of aliphatic hydroxyl groups is 1. The Labute approximate surface area is 619 Å². The molecule has 17 nitrogen and oxygen atoms in total. The quantitative estimate of drug-likeness (QED) is 0.0222. The summed E-state index contributed by atoms with van der Waals surface area (Å²) in [5.74, 6) is 0.167. The minimum atomic E-state index is -4.96. The second-order valence-electron chi connectivity index (χ2n) is 30.7. The summed E-state index contributed by atoms with van der Waals surface area (Å²) >= 11 is 0. The minimum absolute atomic E-state index is 0.104. The predicted molar refractivity (Wildman–Crippen MR) is 414 cm³/mol. The first kappa shape index (κ1) is 99.1. The van der Waals surface area contributed by atoms with Gasteiger partial charge in [-0.25, -0.2) is 9.13 Å². The Morgan fingerprint density at radius 1 is 0.287 bits per heavy atom. The van der Waals surface area contributed by atoms with Crippen molar-refractivity contribution < 1.29 is 80.2 Å². The zero-order chi connectivity index (χ0) is 74.4. The Bertz CT molecular complexity index is 1960. The number of hydrogen-bond acceptors (Lipinski definition) is 15. The lowest BCUT2D eigenvalue weighted by atomic mass is 10.00. The molecule has 0 aliphatic carbocycles. The maximum atomic E-state index is 13.1. The van der Waals surface area contributed by atoms with Gasteiger partial charge in [-0.3, -0.25) is 37.3 Å². The lowest BCUT2D eigenvalue weighted by Gasteiger charge is -2.21. The van der Waals surface area contributed by atoms with Crippen molar-refractivity contribution in [2.75, 3.05) is 39.6 Å². The molecule has 0 rings (SSSR count). The summed E-state index contributed by atoms with van der Waals surface area (Å²) in [5.41, 5.74) is 0. The molecule has 0 spiro atoms. The molecule has 3 N–H and O–H groups in total. The number of aliphatic hydroxyl groups excluding tert-OH is 1. The van der Waals surface area contributed by atoms with Gasteiger partial charge in [0.2, 0.25) is 0 Å². The van der Waals surface area contributed by atoms with Crippen molar-refractivity contribution in [3.05, 3.63) is 0 Å². The average Bonchev–Trinajstić information content (AvgIpc) is 0.939. The largest absolute Gasteiger partial charge is 0.472 e. The highest BCUT2D eigenvalue weighted by molar-refractivity contribution is 7.47. The van der Waals surface area contributed by atoms with Gasteiger partial charge in [0.25, 0.3) is 0 Å². The molecular formula is C82H160O17P2. The Balaban J connectivity index is 5.22. The Morgan fingerprint density at radius 2 is 0.505 bits per heavy atom. The van der Waals surface area contributed by atoms with Crippen molar-refractivity contribution in [3.8, 4) is 0 Å². The van der Waals surface area contributed by atoms with E-state index in [9.17, 15) is 43.2 Å². The lowest BCUT2D eigenvalue weighted by Crippen LogP contribution is -2.30. The monoisotopic (exact) mass is 1480 g/mol. The van der Waals surface area contributed by atoms with Gasteiger partial charge in [0.15, 0.2) is 12.2 Å². The van der Waals surface area contributed by atoms with Crippen LogP contribution in [0.5, 0.6) is 0 Å². The van der Waals surface area contributed by atoms with Crippen molar-refractivity contribution in [1.82, 2.24) is 0 Å².